The fourth-order valence-electron chi connectivity index (χ4n) is 5.22. The van der Waals surface area contributed by atoms with E-state index in [1.54, 1.807) is 31.2 Å². The third-order valence-electron chi connectivity index (χ3n) is 7.02. The van der Waals surface area contributed by atoms with Gasteiger partial charge in [-0.15, -0.1) is 0 Å². The van der Waals surface area contributed by atoms with Gasteiger partial charge in [0.2, 0.25) is 5.69 Å². The molecule has 0 saturated heterocycles. The number of hydrazone groups is 1. The predicted octanol–water partition coefficient (Wildman–Crippen LogP) is 5.06. The first-order valence-corrected chi connectivity index (χ1v) is 12.5. The van der Waals surface area contributed by atoms with Crippen molar-refractivity contribution >= 4 is 34.8 Å². The van der Waals surface area contributed by atoms with E-state index in [-0.39, 0.29) is 23.0 Å². The van der Waals surface area contributed by atoms with Gasteiger partial charge in [0.25, 0.3) is 11.4 Å². The Balaban J connectivity index is 1.63. The van der Waals surface area contributed by atoms with Crippen LogP contribution in [0.1, 0.15) is 53.8 Å². The molecule has 40 heavy (non-hydrogen) atoms. The summed E-state index contributed by atoms with van der Waals surface area (Å²) in [6.45, 7) is 2.03. The number of hydrogen-bond donors (Lipinski definition) is 0. The smallest absolute Gasteiger partial charge is 0.265 e. The van der Waals surface area contributed by atoms with Crippen molar-refractivity contribution in [2.75, 3.05) is 0 Å². The van der Waals surface area contributed by atoms with Crippen molar-refractivity contribution in [1.82, 2.24) is 14.8 Å². The largest absolute Gasteiger partial charge is 0.320 e. The van der Waals surface area contributed by atoms with Crippen LogP contribution in [-0.4, -0.2) is 41.2 Å². The van der Waals surface area contributed by atoms with Crippen LogP contribution in [-0.2, 0) is 6.54 Å². The zero-order valence-corrected chi connectivity index (χ0v) is 21.2. The normalized spacial score (nSPS) is 19.3. The summed E-state index contributed by atoms with van der Waals surface area (Å²) in [6, 6.07) is 11.2. The van der Waals surface area contributed by atoms with Gasteiger partial charge in [0, 0.05) is 36.7 Å². The summed E-state index contributed by atoms with van der Waals surface area (Å²) in [5, 5.41) is 44.4. The number of nitrogens with zero attached hydrogens (tertiary/aromatic N) is 7. The molecule has 0 unspecified atom stereocenters. The molecule has 1 aromatic heterocycles. The van der Waals surface area contributed by atoms with E-state index < -0.39 is 32.4 Å². The number of benzene rings is 2. The summed E-state index contributed by atoms with van der Waals surface area (Å²) in [7, 11) is 0. The number of carbonyl (C=O) groups excluding carboxylic acids is 1. The number of nitro benzene ring substituents is 2. The molecule has 0 radical (unpaired) electrons. The number of aromatic nitrogens is 2. The monoisotopic (exact) mass is 545 g/mol. The van der Waals surface area contributed by atoms with Crippen molar-refractivity contribution in [2.45, 2.75) is 38.8 Å². The summed E-state index contributed by atoms with van der Waals surface area (Å²) in [6.07, 6.45) is 4.87. The fraction of sp³-hybridized carbons (Fsp3) is 0.269. The molecule has 2 heterocycles. The number of amides is 1. The molecular weight excluding hydrogens is 522 g/mol. The van der Waals surface area contributed by atoms with Crippen molar-refractivity contribution in [3.05, 3.63) is 107 Å². The van der Waals surface area contributed by atoms with Crippen LogP contribution in [0.2, 0.25) is 0 Å². The van der Waals surface area contributed by atoms with Crippen LogP contribution >= 0.6 is 0 Å². The second kappa shape index (κ2) is 10.5. The highest BCUT2D eigenvalue weighted by Crippen LogP contribution is 2.45. The Morgan fingerprint density at radius 2 is 1.73 bits per heavy atom. The van der Waals surface area contributed by atoms with Gasteiger partial charge >= 0.3 is 11.6 Å². The summed E-state index contributed by atoms with van der Waals surface area (Å²) < 4.78 is 1.29. The second-order valence-electron chi connectivity index (χ2n) is 9.43. The lowest BCUT2D eigenvalue weighted by Gasteiger charge is -2.29. The molecule has 0 spiro atoms. The Kier molecular flexibility index (Phi) is 6.90. The molecule has 3 aromatic rings. The minimum atomic E-state index is -0.799. The number of allylic oxidation sites excluding steroid dienone is 1. The van der Waals surface area contributed by atoms with E-state index in [1.165, 1.54) is 41.2 Å². The van der Waals surface area contributed by atoms with Crippen LogP contribution in [0, 0.1) is 36.3 Å². The third kappa shape index (κ3) is 4.81. The molecule has 2 atom stereocenters. The van der Waals surface area contributed by atoms with E-state index in [9.17, 15) is 35.1 Å². The van der Waals surface area contributed by atoms with Crippen molar-refractivity contribution in [3.8, 4) is 0 Å². The van der Waals surface area contributed by atoms with Crippen LogP contribution in [0.4, 0.5) is 17.1 Å². The lowest BCUT2D eigenvalue weighted by Crippen LogP contribution is -2.32. The maximum atomic E-state index is 13.8. The first-order chi connectivity index (χ1) is 19.2. The number of aryl methyl sites for hydroxylation is 1. The van der Waals surface area contributed by atoms with Gasteiger partial charge in [-0.1, -0.05) is 24.3 Å². The molecule has 14 heteroatoms. The van der Waals surface area contributed by atoms with E-state index in [2.05, 4.69) is 10.2 Å². The Morgan fingerprint density at radius 1 is 1.02 bits per heavy atom. The standard InChI is InChI=1S/C26H23N7O7/c1-2-29-15-22(33(39)40)24(27-29)26(34)30-25(18-8-4-10-20(14-18)32(37)38)21-11-5-7-17(23(21)28-30)12-16-6-3-9-19(13-16)31(35)36/h3-4,6,8-10,12-15,21,25H,2,5,7,11H2,1H3/b17-12-/t21-,25-/m0/s1. The highest BCUT2D eigenvalue weighted by atomic mass is 16.6. The Labute approximate surface area is 226 Å². The minimum absolute atomic E-state index is 0.0693. The van der Waals surface area contributed by atoms with Gasteiger partial charge in [-0.25, -0.2) is 5.01 Å². The topological polar surface area (TPSA) is 180 Å². The van der Waals surface area contributed by atoms with E-state index in [1.807, 2.05) is 0 Å². The molecule has 204 valence electrons. The number of fused-ring (bicyclic) bond motifs is 1. The average molecular weight is 546 g/mol. The first-order valence-electron chi connectivity index (χ1n) is 12.5. The SMILES string of the molecule is CCn1cc([N+](=O)[O-])c(C(=O)N2N=C3/C(=C\c4cccc([N+](=O)[O-])c4)CCC[C@@H]3[C@@H]2c2cccc([N+](=O)[O-])c2)n1. The molecule has 1 fully saturated rings. The van der Waals surface area contributed by atoms with Gasteiger partial charge in [0.15, 0.2) is 0 Å². The van der Waals surface area contributed by atoms with E-state index in [0.29, 0.717) is 42.6 Å². The third-order valence-corrected chi connectivity index (χ3v) is 7.02. The van der Waals surface area contributed by atoms with Crippen molar-refractivity contribution < 1.29 is 19.6 Å². The second-order valence-corrected chi connectivity index (χ2v) is 9.43. The van der Waals surface area contributed by atoms with Gasteiger partial charge in [-0.2, -0.15) is 10.2 Å². The van der Waals surface area contributed by atoms with Gasteiger partial charge < -0.3 is 0 Å². The molecule has 1 aliphatic heterocycles. The van der Waals surface area contributed by atoms with Gasteiger partial charge in [-0.05, 0) is 49.0 Å². The van der Waals surface area contributed by atoms with Crippen molar-refractivity contribution in [1.29, 1.82) is 0 Å². The fourth-order valence-corrected chi connectivity index (χ4v) is 5.22. The summed E-state index contributed by atoms with van der Waals surface area (Å²) in [5.41, 5.74) is 1.28. The summed E-state index contributed by atoms with van der Waals surface area (Å²) in [4.78, 5) is 46.7. The zero-order chi connectivity index (χ0) is 28.6. The van der Waals surface area contributed by atoms with Crippen LogP contribution in [0.25, 0.3) is 6.08 Å². The zero-order valence-electron chi connectivity index (χ0n) is 21.2. The number of carbonyl (C=O) groups is 1. The molecule has 2 aromatic carbocycles. The molecular formula is C26H23N7O7. The van der Waals surface area contributed by atoms with E-state index >= 15 is 0 Å². The quantitative estimate of drug-likeness (QED) is 0.291. The lowest BCUT2D eigenvalue weighted by atomic mass is 9.77. The molecule has 2 aliphatic rings. The highest BCUT2D eigenvalue weighted by molar-refractivity contribution is 6.09. The first kappa shape index (κ1) is 26.3. The average Bonchev–Trinajstić information content (AvgIpc) is 3.56. The van der Waals surface area contributed by atoms with Gasteiger partial charge in [-0.3, -0.25) is 39.8 Å². The molecule has 0 bridgehead atoms. The minimum Gasteiger partial charge on any atom is -0.265 e. The Morgan fingerprint density at radius 3 is 2.40 bits per heavy atom. The van der Waals surface area contributed by atoms with Crippen LogP contribution in [0.5, 0.6) is 0 Å². The van der Waals surface area contributed by atoms with Crippen LogP contribution in [0.3, 0.4) is 0 Å². The molecule has 1 aliphatic carbocycles. The van der Waals surface area contributed by atoms with Crippen molar-refractivity contribution in [2.24, 2.45) is 11.0 Å². The number of nitro groups is 3. The Bertz CT molecular complexity index is 1610. The maximum Gasteiger partial charge on any atom is 0.320 e. The molecule has 0 N–H and O–H groups in total. The number of non-ortho nitro benzene ring substituents is 2. The highest BCUT2D eigenvalue weighted by Gasteiger charge is 2.46. The molecule has 1 amide bonds. The lowest BCUT2D eigenvalue weighted by molar-refractivity contribution is -0.385. The number of rotatable bonds is 7. The summed E-state index contributed by atoms with van der Waals surface area (Å²) in [5.74, 6) is -1.16. The molecule has 5 rings (SSSR count). The Hall–Kier alpha value is -5.27. The van der Waals surface area contributed by atoms with Gasteiger partial charge in [0.1, 0.15) is 6.20 Å². The van der Waals surface area contributed by atoms with Crippen LogP contribution < -0.4 is 0 Å². The summed E-state index contributed by atoms with van der Waals surface area (Å²) >= 11 is 0. The van der Waals surface area contributed by atoms with Gasteiger partial charge in [0.05, 0.1) is 26.5 Å². The van der Waals surface area contributed by atoms with Crippen molar-refractivity contribution in [3.63, 3.8) is 0 Å². The van der Waals surface area contributed by atoms with E-state index in [0.717, 1.165) is 10.6 Å². The van der Waals surface area contributed by atoms with Crippen LogP contribution in [0.15, 0.2) is 65.4 Å². The van der Waals surface area contributed by atoms with E-state index in [4.69, 9.17) is 0 Å². The predicted molar refractivity (Wildman–Crippen MR) is 142 cm³/mol. The molecule has 14 nitrogen and oxygen atoms in total. The molecule has 1 saturated carbocycles. The maximum absolute atomic E-state index is 13.8. The number of hydrogen-bond acceptors (Lipinski definition) is 9.